The van der Waals surface area contributed by atoms with Crippen molar-refractivity contribution < 1.29 is 38.7 Å². The topological polar surface area (TPSA) is 116 Å². The number of unbranched alkanes of at least 4 members (excludes halogenated alkanes) is 1. The molecule has 2 heterocycles. The summed E-state index contributed by atoms with van der Waals surface area (Å²) in [5.74, 6) is 1.38. The molecule has 1 aliphatic carbocycles. The number of aliphatic hydroxyl groups is 2. The number of rotatable bonds is 9. The average molecular weight is 534 g/mol. The molecule has 39 heavy (non-hydrogen) atoms. The molecular formula is C30H31NO8. The van der Waals surface area contributed by atoms with E-state index in [1.807, 2.05) is 54.6 Å². The summed E-state index contributed by atoms with van der Waals surface area (Å²) in [6, 6.07) is 19.9. The van der Waals surface area contributed by atoms with E-state index >= 15 is 0 Å². The number of carbonyl (C=O) groups is 1. The van der Waals surface area contributed by atoms with Crippen molar-refractivity contribution in [2.75, 3.05) is 27.4 Å². The van der Waals surface area contributed by atoms with Gasteiger partial charge in [-0.25, -0.2) is 4.79 Å². The van der Waals surface area contributed by atoms with Crippen LogP contribution in [0.1, 0.15) is 35.4 Å². The first kappa shape index (κ1) is 25.3. The molecule has 0 radical (unpaired) electrons. The van der Waals surface area contributed by atoms with E-state index < -0.39 is 35.4 Å². The molecule has 3 N–H and O–H groups in total. The molecule has 3 aromatic carbocycles. The monoisotopic (exact) mass is 533 g/mol. The molecule has 3 aliphatic rings. The summed E-state index contributed by atoms with van der Waals surface area (Å²) in [7, 11) is 3.11. The second-order valence-electron chi connectivity index (χ2n) is 9.99. The SMILES string of the molecule is COc1ccc(C23Oc4cc(OCCCCO)cc(OC)c4C2(O)C2OC(=O)NC2C3c2ccccc2)cc1. The molecule has 0 spiro atoms. The number of hydrogen-bond donors (Lipinski definition) is 3. The Kier molecular flexibility index (Phi) is 6.28. The van der Waals surface area contributed by atoms with E-state index in [9.17, 15) is 9.90 Å². The molecule has 2 aliphatic heterocycles. The maximum atomic E-state index is 13.0. The van der Waals surface area contributed by atoms with E-state index in [4.69, 9.17) is 28.8 Å². The summed E-state index contributed by atoms with van der Waals surface area (Å²) in [6.45, 7) is 0.489. The third-order valence-electron chi connectivity index (χ3n) is 8.03. The van der Waals surface area contributed by atoms with E-state index in [0.717, 1.165) is 5.56 Å². The highest BCUT2D eigenvalue weighted by Crippen LogP contribution is 2.69. The maximum absolute atomic E-state index is 13.0. The summed E-state index contributed by atoms with van der Waals surface area (Å²) in [4.78, 5) is 12.6. The first-order valence-corrected chi connectivity index (χ1v) is 13.0. The number of methoxy groups -OCH3 is 2. The van der Waals surface area contributed by atoms with E-state index in [1.165, 1.54) is 7.11 Å². The zero-order chi connectivity index (χ0) is 27.2. The molecular weight excluding hydrogens is 502 g/mol. The van der Waals surface area contributed by atoms with Crippen LogP contribution in [0.3, 0.4) is 0 Å². The van der Waals surface area contributed by atoms with Gasteiger partial charge in [0.05, 0.1) is 38.3 Å². The normalized spacial score (nSPS) is 28.0. The van der Waals surface area contributed by atoms with Crippen LogP contribution in [0.4, 0.5) is 4.79 Å². The standard InChI is InChI=1S/C30H31NO8/c1-35-20-12-10-19(11-13-20)30-24(18-8-4-3-5-9-18)26-27(38-28(33)31-26)29(30,34)25-22(36-2)16-21(17-23(25)39-30)37-15-7-6-14-32/h3-5,8-13,16-17,24,26-27,32,34H,6-7,14-15H2,1-2H3,(H,31,33). The van der Waals surface area contributed by atoms with Gasteiger partial charge in [-0.05, 0) is 36.1 Å². The molecule has 0 aromatic heterocycles. The summed E-state index contributed by atoms with van der Waals surface area (Å²) in [5, 5.41) is 25.0. The zero-order valence-corrected chi connectivity index (χ0v) is 21.8. The lowest BCUT2D eigenvalue weighted by molar-refractivity contribution is -0.147. The molecule has 9 heteroatoms. The smallest absolute Gasteiger partial charge is 0.407 e. The predicted molar refractivity (Wildman–Crippen MR) is 140 cm³/mol. The molecule has 1 saturated carbocycles. The van der Waals surface area contributed by atoms with Crippen LogP contribution >= 0.6 is 0 Å². The predicted octanol–water partition coefficient (Wildman–Crippen LogP) is 3.61. The maximum Gasteiger partial charge on any atom is 0.407 e. The number of fused-ring (bicyclic) bond motifs is 5. The first-order valence-electron chi connectivity index (χ1n) is 13.0. The second-order valence-corrected chi connectivity index (χ2v) is 9.99. The summed E-state index contributed by atoms with van der Waals surface area (Å²) >= 11 is 0. The van der Waals surface area contributed by atoms with E-state index in [1.54, 1.807) is 19.2 Å². The molecule has 1 saturated heterocycles. The molecule has 6 rings (SSSR count). The number of nitrogens with one attached hydrogen (secondary N) is 1. The highest BCUT2D eigenvalue weighted by atomic mass is 16.6. The van der Waals surface area contributed by atoms with Crippen molar-refractivity contribution in [3.05, 3.63) is 83.4 Å². The van der Waals surface area contributed by atoms with Gasteiger partial charge in [0, 0.05) is 18.7 Å². The van der Waals surface area contributed by atoms with Crippen LogP contribution in [0.25, 0.3) is 0 Å². The van der Waals surface area contributed by atoms with Gasteiger partial charge in [0.1, 0.15) is 23.0 Å². The van der Waals surface area contributed by atoms with Crippen LogP contribution < -0.4 is 24.3 Å². The van der Waals surface area contributed by atoms with Crippen molar-refractivity contribution in [3.63, 3.8) is 0 Å². The number of hydrogen-bond acceptors (Lipinski definition) is 8. The van der Waals surface area contributed by atoms with Gasteiger partial charge < -0.3 is 39.2 Å². The Bertz CT molecular complexity index is 1360. The minimum absolute atomic E-state index is 0.0909. The Labute approximate surface area is 226 Å². The van der Waals surface area contributed by atoms with E-state index in [0.29, 0.717) is 53.6 Å². The Morgan fingerprint density at radius 3 is 2.44 bits per heavy atom. The number of amides is 1. The van der Waals surface area contributed by atoms with Gasteiger partial charge >= 0.3 is 6.09 Å². The van der Waals surface area contributed by atoms with Gasteiger partial charge in [0.2, 0.25) is 0 Å². The second kappa shape index (κ2) is 9.66. The van der Waals surface area contributed by atoms with Crippen molar-refractivity contribution in [2.45, 2.75) is 42.1 Å². The average Bonchev–Trinajstić information content (AvgIpc) is 3.53. The van der Waals surface area contributed by atoms with Gasteiger partial charge in [-0.1, -0.05) is 42.5 Å². The molecule has 1 amide bonds. The van der Waals surface area contributed by atoms with Crippen molar-refractivity contribution in [2.24, 2.45) is 0 Å². The van der Waals surface area contributed by atoms with Crippen LogP contribution in [0.2, 0.25) is 0 Å². The van der Waals surface area contributed by atoms with E-state index in [2.05, 4.69) is 5.32 Å². The fraction of sp³-hybridized carbons (Fsp3) is 0.367. The van der Waals surface area contributed by atoms with Crippen LogP contribution in [0, 0.1) is 0 Å². The minimum atomic E-state index is -1.82. The lowest BCUT2D eigenvalue weighted by Gasteiger charge is -2.41. The van der Waals surface area contributed by atoms with Gasteiger partial charge in [-0.3, -0.25) is 0 Å². The highest BCUT2D eigenvalue weighted by molar-refractivity contribution is 5.74. The van der Waals surface area contributed by atoms with Gasteiger partial charge in [-0.15, -0.1) is 0 Å². The number of aliphatic hydroxyl groups excluding tert-OH is 1. The molecule has 3 aromatic rings. The third kappa shape index (κ3) is 3.64. The van der Waals surface area contributed by atoms with Gasteiger partial charge in [-0.2, -0.15) is 0 Å². The molecule has 204 valence electrons. The number of alkyl carbamates (subject to hydrolysis) is 1. The molecule has 9 nitrogen and oxygen atoms in total. The lowest BCUT2D eigenvalue weighted by atomic mass is 9.71. The van der Waals surface area contributed by atoms with Crippen LogP contribution in [-0.2, 0) is 15.9 Å². The molecule has 5 atom stereocenters. The number of benzene rings is 3. The van der Waals surface area contributed by atoms with Crippen molar-refractivity contribution >= 4 is 6.09 Å². The number of carbonyl (C=O) groups excluding carboxylic acids is 1. The highest BCUT2D eigenvalue weighted by Gasteiger charge is 2.80. The zero-order valence-electron chi connectivity index (χ0n) is 21.8. The number of ether oxygens (including phenoxy) is 5. The van der Waals surface area contributed by atoms with Crippen molar-refractivity contribution in [1.82, 2.24) is 5.32 Å². The van der Waals surface area contributed by atoms with Crippen molar-refractivity contribution in [1.29, 1.82) is 0 Å². The van der Waals surface area contributed by atoms with E-state index in [-0.39, 0.29) is 6.61 Å². The van der Waals surface area contributed by atoms with Gasteiger partial charge in [0.15, 0.2) is 17.3 Å². The van der Waals surface area contributed by atoms with Gasteiger partial charge in [0.25, 0.3) is 0 Å². The third-order valence-corrected chi connectivity index (χ3v) is 8.03. The molecule has 5 unspecified atom stereocenters. The summed E-state index contributed by atoms with van der Waals surface area (Å²) in [6.07, 6.45) is -0.264. The summed E-state index contributed by atoms with van der Waals surface area (Å²) in [5.41, 5.74) is -1.25. The first-order chi connectivity index (χ1) is 19.0. The quantitative estimate of drug-likeness (QED) is 0.358. The lowest BCUT2D eigenvalue weighted by Crippen LogP contribution is -2.52. The minimum Gasteiger partial charge on any atom is -0.497 e. The van der Waals surface area contributed by atoms with Crippen LogP contribution in [0.15, 0.2) is 66.7 Å². The molecule has 2 fully saturated rings. The van der Waals surface area contributed by atoms with Crippen molar-refractivity contribution in [3.8, 4) is 23.0 Å². The Morgan fingerprint density at radius 1 is 0.974 bits per heavy atom. The fourth-order valence-corrected chi connectivity index (χ4v) is 6.45. The Hall–Kier alpha value is -3.95. The molecule has 0 bridgehead atoms. The summed E-state index contributed by atoms with van der Waals surface area (Å²) < 4.78 is 29.9. The van der Waals surface area contributed by atoms with Crippen LogP contribution in [-0.4, -0.2) is 55.9 Å². The van der Waals surface area contributed by atoms with Crippen LogP contribution in [0.5, 0.6) is 23.0 Å². The Balaban J connectivity index is 1.57. The largest absolute Gasteiger partial charge is 0.497 e. The fourth-order valence-electron chi connectivity index (χ4n) is 6.45. The Morgan fingerprint density at radius 2 is 1.74 bits per heavy atom.